The molecule has 2 N–H and O–H groups in total. The van der Waals surface area contributed by atoms with Crippen molar-refractivity contribution in [1.82, 2.24) is 14.9 Å². The van der Waals surface area contributed by atoms with Gasteiger partial charge in [0.25, 0.3) is 0 Å². The van der Waals surface area contributed by atoms with Crippen LogP contribution in [0.25, 0.3) is 0 Å². The quantitative estimate of drug-likeness (QED) is 0.688. The summed E-state index contributed by atoms with van der Waals surface area (Å²) in [6, 6.07) is 0. The van der Waals surface area contributed by atoms with Crippen molar-refractivity contribution in [2.75, 3.05) is 6.54 Å². The lowest BCUT2D eigenvalue weighted by Gasteiger charge is -2.14. The number of hydrogen-bond acceptors (Lipinski definition) is 3. The van der Waals surface area contributed by atoms with E-state index in [-0.39, 0.29) is 6.10 Å². The molecular formula is C11H21N3O. The Labute approximate surface area is 91.3 Å². The summed E-state index contributed by atoms with van der Waals surface area (Å²) in [6.45, 7) is 5.65. The Hall–Kier alpha value is -0.870. The molecule has 4 heteroatoms. The van der Waals surface area contributed by atoms with Crippen molar-refractivity contribution in [3.63, 3.8) is 0 Å². The molecule has 0 saturated carbocycles. The second kappa shape index (κ2) is 5.88. The average Bonchev–Trinajstić information content (AvgIpc) is 2.58. The Morgan fingerprint density at radius 3 is 2.80 bits per heavy atom. The van der Waals surface area contributed by atoms with Crippen LogP contribution >= 0.6 is 0 Å². The van der Waals surface area contributed by atoms with Gasteiger partial charge in [-0.15, -0.1) is 0 Å². The van der Waals surface area contributed by atoms with Crippen LogP contribution in [0.3, 0.4) is 0 Å². The summed E-state index contributed by atoms with van der Waals surface area (Å²) < 4.78 is 1.99. The van der Waals surface area contributed by atoms with Crippen molar-refractivity contribution >= 4 is 0 Å². The summed E-state index contributed by atoms with van der Waals surface area (Å²) >= 11 is 0. The summed E-state index contributed by atoms with van der Waals surface area (Å²) in [5.74, 6) is 1.36. The Kier molecular flexibility index (Phi) is 4.78. The fourth-order valence-corrected chi connectivity index (χ4v) is 1.35. The van der Waals surface area contributed by atoms with Crippen LogP contribution in [-0.2, 0) is 13.6 Å². The van der Waals surface area contributed by atoms with Crippen molar-refractivity contribution in [2.24, 2.45) is 13.0 Å². The lowest BCUT2D eigenvalue weighted by Crippen LogP contribution is -2.24. The molecule has 0 bridgehead atoms. The molecule has 4 nitrogen and oxygen atoms in total. The molecule has 0 aromatic carbocycles. The predicted molar refractivity (Wildman–Crippen MR) is 60.4 cm³/mol. The van der Waals surface area contributed by atoms with Gasteiger partial charge in [-0.2, -0.15) is 0 Å². The SMILES string of the molecule is CC(C)C(O)CCNCc1nccn1C. The zero-order valence-corrected chi connectivity index (χ0v) is 9.77. The number of nitrogens with zero attached hydrogens (tertiary/aromatic N) is 2. The van der Waals surface area contributed by atoms with Gasteiger partial charge < -0.3 is 15.0 Å². The van der Waals surface area contributed by atoms with E-state index >= 15 is 0 Å². The van der Waals surface area contributed by atoms with E-state index in [9.17, 15) is 5.11 Å². The minimum Gasteiger partial charge on any atom is -0.393 e. The lowest BCUT2D eigenvalue weighted by atomic mass is 10.0. The van der Waals surface area contributed by atoms with E-state index in [1.807, 2.05) is 31.7 Å². The minimum absolute atomic E-state index is 0.209. The summed E-state index contributed by atoms with van der Waals surface area (Å²) in [5, 5.41) is 12.8. The fourth-order valence-electron chi connectivity index (χ4n) is 1.35. The van der Waals surface area contributed by atoms with E-state index < -0.39 is 0 Å². The molecule has 1 rings (SSSR count). The monoisotopic (exact) mass is 211 g/mol. The first-order chi connectivity index (χ1) is 7.11. The van der Waals surface area contributed by atoms with Crippen LogP contribution < -0.4 is 5.32 Å². The van der Waals surface area contributed by atoms with E-state index in [1.54, 1.807) is 6.20 Å². The number of aliphatic hydroxyl groups is 1. The number of aromatic nitrogens is 2. The average molecular weight is 211 g/mol. The molecule has 1 heterocycles. The van der Waals surface area contributed by atoms with Crippen molar-refractivity contribution in [3.05, 3.63) is 18.2 Å². The van der Waals surface area contributed by atoms with Gasteiger partial charge in [0, 0.05) is 19.4 Å². The Balaban J connectivity index is 2.15. The molecule has 15 heavy (non-hydrogen) atoms. The van der Waals surface area contributed by atoms with Crippen LogP contribution in [0.15, 0.2) is 12.4 Å². The van der Waals surface area contributed by atoms with Crippen LogP contribution in [0, 0.1) is 5.92 Å². The van der Waals surface area contributed by atoms with Gasteiger partial charge in [0.05, 0.1) is 12.6 Å². The molecule has 0 fully saturated rings. The Morgan fingerprint density at radius 1 is 1.53 bits per heavy atom. The molecule has 0 saturated heterocycles. The van der Waals surface area contributed by atoms with Gasteiger partial charge in [-0.05, 0) is 18.9 Å². The third-order valence-corrected chi connectivity index (χ3v) is 2.59. The largest absolute Gasteiger partial charge is 0.393 e. The Morgan fingerprint density at radius 2 is 2.27 bits per heavy atom. The van der Waals surface area contributed by atoms with Gasteiger partial charge >= 0.3 is 0 Å². The second-order valence-corrected chi connectivity index (χ2v) is 4.23. The smallest absolute Gasteiger partial charge is 0.122 e. The summed E-state index contributed by atoms with van der Waals surface area (Å²) in [4.78, 5) is 4.21. The molecule has 0 aliphatic carbocycles. The van der Waals surface area contributed by atoms with E-state index in [4.69, 9.17) is 0 Å². The fraction of sp³-hybridized carbons (Fsp3) is 0.727. The topological polar surface area (TPSA) is 50.1 Å². The van der Waals surface area contributed by atoms with Gasteiger partial charge in [0.2, 0.25) is 0 Å². The minimum atomic E-state index is -0.209. The molecule has 0 spiro atoms. The molecule has 0 radical (unpaired) electrons. The maximum Gasteiger partial charge on any atom is 0.122 e. The lowest BCUT2D eigenvalue weighted by molar-refractivity contribution is 0.116. The van der Waals surface area contributed by atoms with Crippen LogP contribution in [0.4, 0.5) is 0 Å². The number of aliphatic hydroxyl groups excluding tert-OH is 1. The highest BCUT2D eigenvalue weighted by atomic mass is 16.3. The van der Waals surface area contributed by atoms with Crippen molar-refractivity contribution in [2.45, 2.75) is 32.9 Å². The molecular weight excluding hydrogens is 190 g/mol. The number of hydrogen-bond donors (Lipinski definition) is 2. The van der Waals surface area contributed by atoms with E-state index in [1.165, 1.54) is 0 Å². The first-order valence-electron chi connectivity index (χ1n) is 5.46. The van der Waals surface area contributed by atoms with E-state index in [0.29, 0.717) is 5.92 Å². The Bertz CT molecular complexity index is 283. The van der Waals surface area contributed by atoms with Gasteiger partial charge in [-0.1, -0.05) is 13.8 Å². The molecule has 1 aromatic heterocycles. The number of imidazole rings is 1. The summed E-state index contributed by atoms with van der Waals surface area (Å²) in [7, 11) is 1.98. The predicted octanol–water partition coefficient (Wildman–Crippen LogP) is 0.917. The van der Waals surface area contributed by atoms with Crippen LogP contribution in [0.5, 0.6) is 0 Å². The molecule has 86 valence electrons. The van der Waals surface area contributed by atoms with Gasteiger partial charge in [-0.3, -0.25) is 0 Å². The van der Waals surface area contributed by atoms with Crippen LogP contribution in [0.1, 0.15) is 26.1 Å². The maximum absolute atomic E-state index is 9.58. The summed E-state index contributed by atoms with van der Waals surface area (Å²) in [5.41, 5.74) is 0. The van der Waals surface area contributed by atoms with Gasteiger partial charge in [-0.25, -0.2) is 4.98 Å². The third-order valence-electron chi connectivity index (χ3n) is 2.59. The van der Waals surface area contributed by atoms with Crippen molar-refractivity contribution < 1.29 is 5.11 Å². The number of rotatable bonds is 6. The molecule has 0 aliphatic rings. The van der Waals surface area contributed by atoms with Crippen molar-refractivity contribution in [1.29, 1.82) is 0 Å². The molecule has 1 aromatic rings. The second-order valence-electron chi connectivity index (χ2n) is 4.23. The molecule has 1 atom stereocenters. The molecule has 1 unspecified atom stereocenters. The number of nitrogens with one attached hydrogen (secondary N) is 1. The van der Waals surface area contributed by atoms with Crippen molar-refractivity contribution in [3.8, 4) is 0 Å². The highest BCUT2D eigenvalue weighted by molar-refractivity contribution is 4.90. The summed E-state index contributed by atoms with van der Waals surface area (Å²) in [6.07, 6.45) is 4.31. The highest BCUT2D eigenvalue weighted by Crippen LogP contribution is 2.04. The van der Waals surface area contributed by atoms with Gasteiger partial charge in [0.15, 0.2) is 0 Å². The zero-order chi connectivity index (χ0) is 11.3. The molecule has 0 aliphatic heterocycles. The molecule has 0 amide bonds. The van der Waals surface area contributed by atoms with Crippen LogP contribution in [0.2, 0.25) is 0 Å². The van der Waals surface area contributed by atoms with Gasteiger partial charge in [0.1, 0.15) is 5.82 Å². The van der Waals surface area contributed by atoms with E-state index in [0.717, 1.165) is 25.3 Å². The first kappa shape index (κ1) is 12.2. The van der Waals surface area contributed by atoms with Crippen LogP contribution in [-0.4, -0.2) is 27.3 Å². The number of aryl methyl sites for hydroxylation is 1. The maximum atomic E-state index is 9.58. The standard InChI is InChI=1S/C11H21N3O/c1-9(2)10(15)4-5-12-8-11-13-6-7-14(11)3/h6-7,9-10,12,15H,4-5,8H2,1-3H3. The normalized spacial score (nSPS) is 13.4. The third kappa shape index (κ3) is 4.01. The zero-order valence-electron chi connectivity index (χ0n) is 9.77. The first-order valence-corrected chi connectivity index (χ1v) is 5.46. The highest BCUT2D eigenvalue weighted by Gasteiger charge is 2.08. The van der Waals surface area contributed by atoms with E-state index in [2.05, 4.69) is 10.3 Å².